The molecule has 3 rings (SSSR count). The highest BCUT2D eigenvalue weighted by molar-refractivity contribution is 5.88. The maximum Gasteiger partial charge on any atom is 0.321 e. The maximum absolute atomic E-state index is 12.4. The molecule has 1 unspecified atom stereocenters. The summed E-state index contributed by atoms with van der Waals surface area (Å²) < 4.78 is 4.96. The Morgan fingerprint density at radius 3 is 2.44 bits per heavy atom. The molecule has 7 heteroatoms. The van der Waals surface area contributed by atoms with Crippen LogP contribution in [0.3, 0.4) is 0 Å². The lowest BCUT2D eigenvalue weighted by molar-refractivity contribution is 0.250. The summed E-state index contributed by atoms with van der Waals surface area (Å²) in [6.07, 6.45) is 4.90. The van der Waals surface area contributed by atoms with E-state index >= 15 is 0 Å². The summed E-state index contributed by atoms with van der Waals surface area (Å²) in [7, 11) is 1.47. The number of amides is 2. The van der Waals surface area contributed by atoms with E-state index in [4.69, 9.17) is 4.74 Å². The third-order valence-corrected chi connectivity index (χ3v) is 3.51. The van der Waals surface area contributed by atoms with Crippen LogP contribution in [0.2, 0.25) is 0 Å². The summed E-state index contributed by atoms with van der Waals surface area (Å²) in [6.45, 7) is 0. The molecule has 0 spiro atoms. The van der Waals surface area contributed by atoms with Crippen LogP contribution in [0.15, 0.2) is 67.1 Å². The van der Waals surface area contributed by atoms with Gasteiger partial charge < -0.3 is 10.1 Å². The predicted molar refractivity (Wildman–Crippen MR) is 93.3 cm³/mol. The fourth-order valence-corrected chi connectivity index (χ4v) is 2.35. The minimum absolute atomic E-state index is 0.187. The van der Waals surface area contributed by atoms with Gasteiger partial charge in [0.15, 0.2) is 0 Å². The molecule has 2 heterocycles. The quantitative estimate of drug-likeness (QED) is 0.748. The number of methoxy groups -OCH3 is 1. The molecule has 0 saturated heterocycles. The summed E-state index contributed by atoms with van der Waals surface area (Å²) in [4.78, 5) is 24.4. The van der Waals surface area contributed by atoms with Gasteiger partial charge in [0.1, 0.15) is 5.82 Å². The Morgan fingerprint density at radius 1 is 1.00 bits per heavy atom. The number of ether oxygens (including phenoxy) is 1. The average Bonchev–Trinajstić information content (AvgIpc) is 2.67. The Balaban J connectivity index is 1.79. The van der Waals surface area contributed by atoms with Crippen molar-refractivity contribution in [3.63, 3.8) is 0 Å². The highest BCUT2D eigenvalue weighted by atomic mass is 16.5. The van der Waals surface area contributed by atoms with Gasteiger partial charge in [-0.15, -0.1) is 0 Å². The Hall–Kier alpha value is -3.48. The largest absolute Gasteiger partial charge is 0.467 e. The van der Waals surface area contributed by atoms with Crippen molar-refractivity contribution >= 4 is 11.8 Å². The summed E-state index contributed by atoms with van der Waals surface area (Å²) in [5.41, 5.74) is 1.89. The molecule has 2 aromatic heterocycles. The highest BCUT2D eigenvalue weighted by Crippen LogP contribution is 2.21. The van der Waals surface area contributed by atoms with Crippen molar-refractivity contribution in [1.29, 1.82) is 0 Å². The molecule has 2 amide bonds. The van der Waals surface area contributed by atoms with E-state index in [-0.39, 0.29) is 18.1 Å². The lowest BCUT2D eigenvalue weighted by Crippen LogP contribution is -2.33. The topological polar surface area (TPSA) is 89.0 Å². The fraction of sp³-hybridized carbons (Fsp3) is 0.111. The zero-order valence-corrected chi connectivity index (χ0v) is 13.6. The number of hydrogen-bond donors (Lipinski definition) is 2. The van der Waals surface area contributed by atoms with Gasteiger partial charge in [-0.05, 0) is 29.3 Å². The smallest absolute Gasteiger partial charge is 0.321 e. The lowest BCUT2D eigenvalue weighted by atomic mass is 10.00. The number of carbonyl (C=O) groups excluding carboxylic acids is 1. The van der Waals surface area contributed by atoms with Crippen molar-refractivity contribution < 1.29 is 9.53 Å². The maximum atomic E-state index is 12.4. The van der Waals surface area contributed by atoms with Gasteiger partial charge in [-0.1, -0.05) is 30.3 Å². The molecule has 0 aliphatic rings. The summed E-state index contributed by atoms with van der Waals surface area (Å²) in [5, 5.41) is 5.65. The molecule has 2 N–H and O–H groups in total. The van der Waals surface area contributed by atoms with Gasteiger partial charge in [0, 0.05) is 18.6 Å². The van der Waals surface area contributed by atoms with Crippen molar-refractivity contribution in [3.05, 3.63) is 78.2 Å². The van der Waals surface area contributed by atoms with E-state index in [1.54, 1.807) is 18.5 Å². The summed E-state index contributed by atoms with van der Waals surface area (Å²) in [5.74, 6) is 0.353. The van der Waals surface area contributed by atoms with Crippen LogP contribution < -0.4 is 15.4 Å². The summed E-state index contributed by atoms with van der Waals surface area (Å²) in [6, 6.07) is 14.5. The van der Waals surface area contributed by atoms with Crippen LogP contribution in [0, 0.1) is 0 Å². The first-order valence-electron chi connectivity index (χ1n) is 7.65. The number of nitrogens with one attached hydrogen (secondary N) is 2. The van der Waals surface area contributed by atoms with Crippen LogP contribution in [0.25, 0.3) is 0 Å². The van der Waals surface area contributed by atoms with Crippen molar-refractivity contribution in [2.24, 2.45) is 0 Å². The molecule has 3 aromatic rings. The molecular weight excluding hydrogens is 318 g/mol. The molecule has 1 atom stereocenters. The van der Waals surface area contributed by atoms with E-state index in [0.29, 0.717) is 5.82 Å². The third-order valence-electron chi connectivity index (χ3n) is 3.51. The van der Waals surface area contributed by atoms with Crippen molar-refractivity contribution in [3.8, 4) is 6.01 Å². The van der Waals surface area contributed by atoms with Gasteiger partial charge in [-0.25, -0.2) is 9.78 Å². The number of rotatable bonds is 5. The van der Waals surface area contributed by atoms with E-state index in [2.05, 4.69) is 25.6 Å². The van der Waals surface area contributed by atoms with Crippen LogP contribution in [0.4, 0.5) is 10.6 Å². The SMILES string of the molecule is COc1nccc(NC(=O)NC(c2ccccc2)c2ccncc2)n1. The van der Waals surface area contributed by atoms with Crippen LogP contribution in [-0.2, 0) is 0 Å². The molecule has 7 nitrogen and oxygen atoms in total. The number of nitrogens with zero attached hydrogens (tertiary/aromatic N) is 3. The number of hydrogen-bond acceptors (Lipinski definition) is 5. The van der Waals surface area contributed by atoms with Gasteiger partial charge in [0.2, 0.25) is 0 Å². The zero-order chi connectivity index (χ0) is 17.5. The van der Waals surface area contributed by atoms with Crippen LogP contribution in [-0.4, -0.2) is 28.1 Å². The third kappa shape index (κ3) is 4.29. The van der Waals surface area contributed by atoms with Crippen molar-refractivity contribution in [1.82, 2.24) is 20.3 Å². The standard InChI is InChI=1S/C18H17N5O2/c1-25-18-20-12-9-15(22-18)21-17(24)23-16(13-5-3-2-4-6-13)14-7-10-19-11-8-14/h2-12,16H,1H3,(H2,20,21,22,23,24). The van der Waals surface area contributed by atoms with E-state index in [1.165, 1.54) is 13.3 Å². The Morgan fingerprint density at radius 2 is 1.72 bits per heavy atom. The predicted octanol–water partition coefficient (Wildman–Crippen LogP) is 2.79. The first-order chi connectivity index (χ1) is 12.3. The van der Waals surface area contributed by atoms with Crippen LogP contribution in [0.1, 0.15) is 17.2 Å². The second-order valence-corrected chi connectivity index (χ2v) is 5.15. The minimum Gasteiger partial charge on any atom is -0.467 e. The molecule has 0 aliphatic heterocycles. The Kier molecular flexibility index (Phi) is 5.16. The van der Waals surface area contributed by atoms with Crippen LogP contribution >= 0.6 is 0 Å². The van der Waals surface area contributed by atoms with Gasteiger partial charge in [-0.2, -0.15) is 4.98 Å². The highest BCUT2D eigenvalue weighted by Gasteiger charge is 2.17. The molecular formula is C18H17N5O2. The number of urea groups is 1. The van der Waals surface area contributed by atoms with E-state index in [0.717, 1.165) is 11.1 Å². The molecule has 25 heavy (non-hydrogen) atoms. The Bertz CT molecular complexity index is 788. The first kappa shape index (κ1) is 16.4. The molecule has 1 aromatic carbocycles. The van der Waals surface area contributed by atoms with E-state index < -0.39 is 0 Å². The lowest BCUT2D eigenvalue weighted by Gasteiger charge is -2.20. The minimum atomic E-state index is -0.383. The fourth-order valence-electron chi connectivity index (χ4n) is 2.35. The normalized spacial score (nSPS) is 11.4. The van der Waals surface area contributed by atoms with Gasteiger partial charge in [0.05, 0.1) is 13.2 Å². The Labute approximate surface area is 145 Å². The molecule has 0 aliphatic carbocycles. The second kappa shape index (κ2) is 7.87. The summed E-state index contributed by atoms with van der Waals surface area (Å²) >= 11 is 0. The number of aromatic nitrogens is 3. The molecule has 0 fully saturated rings. The van der Waals surface area contributed by atoms with Gasteiger partial charge in [0.25, 0.3) is 0 Å². The first-order valence-corrected chi connectivity index (χ1v) is 7.65. The molecule has 0 radical (unpaired) electrons. The van der Waals surface area contributed by atoms with Gasteiger partial charge >= 0.3 is 12.0 Å². The number of benzene rings is 1. The van der Waals surface area contributed by atoms with Gasteiger partial charge in [-0.3, -0.25) is 10.3 Å². The van der Waals surface area contributed by atoms with E-state index in [1.807, 2.05) is 42.5 Å². The van der Waals surface area contributed by atoms with Crippen molar-refractivity contribution in [2.45, 2.75) is 6.04 Å². The van der Waals surface area contributed by atoms with E-state index in [9.17, 15) is 4.79 Å². The van der Waals surface area contributed by atoms with Crippen molar-refractivity contribution in [2.75, 3.05) is 12.4 Å². The zero-order valence-electron chi connectivity index (χ0n) is 13.6. The van der Waals surface area contributed by atoms with Crippen LogP contribution in [0.5, 0.6) is 6.01 Å². The monoisotopic (exact) mass is 335 g/mol. The second-order valence-electron chi connectivity index (χ2n) is 5.15. The molecule has 126 valence electrons. The number of pyridine rings is 1. The number of carbonyl (C=O) groups is 1. The molecule has 0 bridgehead atoms. The molecule has 0 saturated carbocycles. The number of anilines is 1. The average molecular weight is 335 g/mol.